The highest BCUT2D eigenvalue weighted by atomic mass is 16.1. The van der Waals surface area contributed by atoms with Gasteiger partial charge in [0, 0.05) is 0 Å². The highest BCUT2D eigenvalue weighted by Crippen LogP contribution is 2.05. The second-order valence-electron chi connectivity index (χ2n) is 3.32. The fourth-order valence-electron chi connectivity index (χ4n) is 1.31. The molecule has 1 amide bonds. The smallest absolute Gasteiger partial charge is 0.290 e. The van der Waals surface area contributed by atoms with Crippen molar-refractivity contribution in [1.29, 1.82) is 5.26 Å². The minimum Gasteiger partial charge on any atom is -0.363 e. The van der Waals surface area contributed by atoms with E-state index >= 15 is 0 Å². The summed E-state index contributed by atoms with van der Waals surface area (Å²) in [5, 5.41) is 19.7. The van der Waals surface area contributed by atoms with Crippen LogP contribution < -0.4 is 5.73 Å². The molecule has 2 N–H and O–H groups in total. The topological polar surface area (TPSA) is 110 Å². The second-order valence-corrected chi connectivity index (χ2v) is 3.32. The van der Waals surface area contributed by atoms with Gasteiger partial charge in [-0.25, -0.2) is 0 Å². The number of carbonyl (C=O) groups excluding carboxylic acids is 1. The van der Waals surface area contributed by atoms with Gasteiger partial charge in [0.25, 0.3) is 11.7 Å². The Kier molecular flexibility index (Phi) is 2.79. The molecule has 1 aromatic carbocycles. The summed E-state index contributed by atoms with van der Waals surface area (Å²) in [6, 6.07) is 9.05. The molecule has 0 fully saturated rings. The van der Waals surface area contributed by atoms with Gasteiger partial charge in [0.1, 0.15) is 0 Å². The first-order valence-corrected chi connectivity index (χ1v) is 4.75. The summed E-state index contributed by atoms with van der Waals surface area (Å²) in [6.45, 7) is 0.329. The van der Waals surface area contributed by atoms with E-state index in [1.807, 2.05) is 12.1 Å². The molecule has 2 rings (SSSR count). The van der Waals surface area contributed by atoms with Gasteiger partial charge in [-0.1, -0.05) is 12.1 Å². The Hall–Kier alpha value is -2.75. The summed E-state index contributed by atoms with van der Waals surface area (Å²) in [6.07, 6.45) is 0. The molecule has 0 spiro atoms. The van der Waals surface area contributed by atoms with Gasteiger partial charge in [-0.2, -0.15) is 10.1 Å². The highest BCUT2D eigenvalue weighted by Gasteiger charge is 2.08. The summed E-state index contributed by atoms with van der Waals surface area (Å²) in [5.41, 5.74) is 6.40. The first-order valence-electron chi connectivity index (χ1n) is 4.75. The van der Waals surface area contributed by atoms with Gasteiger partial charge < -0.3 is 5.73 Å². The van der Waals surface area contributed by atoms with Crippen LogP contribution >= 0.6 is 0 Å². The van der Waals surface area contributed by atoms with Gasteiger partial charge in [0.15, 0.2) is 0 Å². The van der Waals surface area contributed by atoms with E-state index in [0.717, 1.165) is 5.56 Å². The van der Waals surface area contributed by atoms with Crippen LogP contribution in [0.2, 0.25) is 0 Å². The Bertz CT molecular complexity index is 597. The number of hydrogen-bond acceptors (Lipinski definition) is 5. The predicted octanol–water partition coefficient (Wildman–Crippen LogP) is -0.308. The van der Waals surface area contributed by atoms with Crippen LogP contribution in [-0.4, -0.2) is 26.1 Å². The zero-order chi connectivity index (χ0) is 12.3. The molecular formula is C10H8N6O. The van der Waals surface area contributed by atoms with Crippen LogP contribution in [0.3, 0.4) is 0 Å². The number of nitrogens with zero attached hydrogens (tertiary/aromatic N) is 5. The van der Waals surface area contributed by atoms with E-state index in [0.29, 0.717) is 12.1 Å². The van der Waals surface area contributed by atoms with Gasteiger partial charge in [-0.15, -0.1) is 10.2 Å². The Morgan fingerprint density at radius 3 is 3.00 bits per heavy atom. The zero-order valence-electron chi connectivity index (χ0n) is 8.74. The third-order valence-electron chi connectivity index (χ3n) is 2.05. The normalized spacial score (nSPS) is 9.82. The van der Waals surface area contributed by atoms with E-state index in [1.165, 1.54) is 4.80 Å². The molecule has 7 nitrogen and oxygen atoms in total. The molecule has 1 aromatic heterocycles. The Morgan fingerprint density at radius 2 is 2.35 bits per heavy atom. The first-order chi connectivity index (χ1) is 8.19. The Balaban J connectivity index is 2.19. The van der Waals surface area contributed by atoms with Gasteiger partial charge >= 0.3 is 0 Å². The number of amides is 1. The van der Waals surface area contributed by atoms with Crippen LogP contribution in [0.4, 0.5) is 0 Å². The lowest BCUT2D eigenvalue weighted by molar-refractivity contribution is 0.0990. The number of nitriles is 1. The average molecular weight is 228 g/mol. The molecule has 0 atom stereocenters. The number of nitrogens with two attached hydrogens (primary N) is 1. The minimum absolute atomic E-state index is 0.124. The van der Waals surface area contributed by atoms with E-state index in [-0.39, 0.29) is 5.82 Å². The third kappa shape index (κ3) is 2.43. The van der Waals surface area contributed by atoms with Crippen molar-refractivity contribution in [2.45, 2.75) is 6.54 Å². The largest absolute Gasteiger partial charge is 0.363 e. The van der Waals surface area contributed by atoms with Crippen molar-refractivity contribution in [3.63, 3.8) is 0 Å². The number of hydrogen-bond donors (Lipinski definition) is 1. The van der Waals surface area contributed by atoms with E-state index in [2.05, 4.69) is 15.4 Å². The van der Waals surface area contributed by atoms with Gasteiger partial charge in [-0.05, 0) is 22.9 Å². The standard InChI is InChI=1S/C10H8N6O/c11-5-7-2-1-3-8(4-7)6-16-14-10(9(12)17)13-15-16/h1-4H,6H2,(H2,12,17). The molecule has 17 heavy (non-hydrogen) atoms. The average Bonchev–Trinajstić information content (AvgIpc) is 2.78. The van der Waals surface area contributed by atoms with Crippen molar-refractivity contribution in [3.8, 4) is 6.07 Å². The lowest BCUT2D eigenvalue weighted by atomic mass is 10.1. The SMILES string of the molecule is N#Cc1cccc(Cn2nnc(C(N)=O)n2)c1. The molecule has 0 unspecified atom stereocenters. The summed E-state index contributed by atoms with van der Waals surface area (Å²) in [4.78, 5) is 12.0. The molecule has 0 aliphatic rings. The van der Waals surface area contributed by atoms with Gasteiger partial charge in [0.05, 0.1) is 18.2 Å². The molecule has 0 bridgehead atoms. The van der Waals surface area contributed by atoms with Gasteiger partial charge in [-0.3, -0.25) is 4.79 Å². The van der Waals surface area contributed by atoms with E-state index in [1.54, 1.807) is 18.2 Å². The Labute approximate surface area is 96.5 Å². The number of benzene rings is 1. The van der Waals surface area contributed by atoms with Crippen LogP contribution in [0.15, 0.2) is 24.3 Å². The fraction of sp³-hybridized carbons (Fsp3) is 0.100. The third-order valence-corrected chi connectivity index (χ3v) is 2.05. The molecule has 84 valence electrons. The summed E-state index contributed by atoms with van der Waals surface area (Å²) < 4.78 is 0. The van der Waals surface area contributed by atoms with Crippen molar-refractivity contribution in [2.75, 3.05) is 0 Å². The van der Waals surface area contributed by atoms with E-state index in [4.69, 9.17) is 11.0 Å². The predicted molar refractivity (Wildman–Crippen MR) is 56.6 cm³/mol. The number of rotatable bonds is 3. The summed E-state index contributed by atoms with van der Waals surface area (Å²) in [7, 11) is 0. The van der Waals surface area contributed by atoms with Crippen LogP contribution in [0, 0.1) is 11.3 Å². The maximum Gasteiger partial charge on any atom is 0.290 e. The second kappa shape index (κ2) is 4.40. The van der Waals surface area contributed by atoms with Crippen molar-refractivity contribution in [3.05, 3.63) is 41.2 Å². The van der Waals surface area contributed by atoms with E-state index < -0.39 is 5.91 Å². The van der Waals surface area contributed by atoms with Crippen LogP contribution in [-0.2, 0) is 6.54 Å². The monoisotopic (exact) mass is 228 g/mol. The molecule has 0 aliphatic carbocycles. The van der Waals surface area contributed by atoms with Crippen molar-refractivity contribution in [2.24, 2.45) is 5.73 Å². The molecule has 0 radical (unpaired) electrons. The quantitative estimate of drug-likeness (QED) is 0.774. The first kappa shape index (κ1) is 10.8. The van der Waals surface area contributed by atoms with Gasteiger partial charge in [0.2, 0.25) is 0 Å². The highest BCUT2D eigenvalue weighted by molar-refractivity contribution is 5.88. The molecular weight excluding hydrogens is 220 g/mol. The number of carbonyl (C=O) groups is 1. The fourth-order valence-corrected chi connectivity index (χ4v) is 1.31. The molecule has 1 heterocycles. The molecule has 0 saturated heterocycles. The van der Waals surface area contributed by atoms with Crippen LogP contribution in [0.5, 0.6) is 0 Å². The maximum absolute atomic E-state index is 10.8. The zero-order valence-corrected chi connectivity index (χ0v) is 8.74. The van der Waals surface area contributed by atoms with E-state index in [9.17, 15) is 4.79 Å². The number of primary amides is 1. The van der Waals surface area contributed by atoms with Crippen LogP contribution in [0.1, 0.15) is 21.7 Å². The number of aromatic nitrogens is 4. The van der Waals surface area contributed by atoms with Crippen molar-refractivity contribution < 1.29 is 4.79 Å². The summed E-state index contributed by atoms with van der Waals surface area (Å²) >= 11 is 0. The molecule has 7 heteroatoms. The van der Waals surface area contributed by atoms with Crippen molar-refractivity contribution >= 4 is 5.91 Å². The van der Waals surface area contributed by atoms with Crippen molar-refractivity contribution in [1.82, 2.24) is 20.2 Å². The number of tetrazole rings is 1. The maximum atomic E-state index is 10.8. The summed E-state index contributed by atoms with van der Waals surface area (Å²) in [5.74, 6) is -0.844. The molecule has 0 saturated carbocycles. The lowest BCUT2D eigenvalue weighted by Gasteiger charge is -1.99. The lowest BCUT2D eigenvalue weighted by Crippen LogP contribution is -2.13. The molecule has 2 aromatic rings. The Morgan fingerprint density at radius 1 is 1.53 bits per heavy atom. The van der Waals surface area contributed by atoms with Crippen LogP contribution in [0.25, 0.3) is 0 Å². The minimum atomic E-state index is -0.720. The molecule has 0 aliphatic heterocycles.